The topological polar surface area (TPSA) is 26.0 Å². The van der Waals surface area contributed by atoms with E-state index in [1.807, 2.05) is 12.1 Å². The van der Waals surface area contributed by atoms with Crippen molar-refractivity contribution in [2.45, 2.75) is 5.25 Å². The largest absolute Gasteiger partial charge is 0.384 e. The van der Waals surface area contributed by atoms with Crippen molar-refractivity contribution in [2.75, 3.05) is 0 Å². The average Bonchev–Trinajstić information content (AvgIpc) is 2.41. The predicted molar refractivity (Wildman–Crippen MR) is 86.7 cm³/mol. The zero-order valence-corrected chi connectivity index (χ0v) is 12.1. The van der Waals surface area contributed by atoms with E-state index in [-0.39, 0.29) is 5.25 Å². The van der Waals surface area contributed by atoms with Crippen molar-refractivity contribution in [1.82, 2.24) is 0 Å². The number of rotatable bonds is 4. The van der Waals surface area contributed by atoms with Gasteiger partial charge in [0.1, 0.15) is 4.32 Å². The lowest BCUT2D eigenvalue weighted by Gasteiger charge is -2.16. The number of benzene rings is 2. The minimum atomic E-state index is 0.249. The summed E-state index contributed by atoms with van der Waals surface area (Å²) in [5.74, 6) is 0. The number of hydrogen-bond donors (Lipinski definition) is 1. The van der Waals surface area contributed by atoms with Gasteiger partial charge in [0.05, 0.1) is 5.25 Å². The Bertz CT molecular complexity index is 459. The Hall–Kier alpha value is -0.970. The average molecular weight is 291 g/mol. The van der Waals surface area contributed by atoms with Gasteiger partial charge in [-0.05, 0) is 21.9 Å². The van der Waals surface area contributed by atoms with Crippen LogP contribution in [0.25, 0.3) is 0 Å². The highest BCUT2D eigenvalue weighted by Gasteiger charge is 2.15. The van der Waals surface area contributed by atoms with Crippen LogP contribution in [0.3, 0.4) is 0 Å². The van der Waals surface area contributed by atoms with Crippen molar-refractivity contribution < 1.29 is 0 Å². The molecular weight excluding hydrogens is 278 g/mol. The van der Waals surface area contributed by atoms with Crippen LogP contribution >= 0.6 is 33.8 Å². The minimum Gasteiger partial charge on any atom is -0.384 e. The van der Waals surface area contributed by atoms with Crippen LogP contribution in [0.15, 0.2) is 60.7 Å². The molecule has 4 heteroatoms. The smallest absolute Gasteiger partial charge is 0.141 e. The predicted octanol–water partition coefficient (Wildman–Crippen LogP) is 4.40. The summed E-state index contributed by atoms with van der Waals surface area (Å²) in [7, 11) is 3.14. The molecule has 0 heterocycles. The molecule has 0 fully saturated rings. The van der Waals surface area contributed by atoms with Crippen molar-refractivity contribution in [1.29, 1.82) is 0 Å². The van der Waals surface area contributed by atoms with E-state index in [4.69, 9.17) is 18.0 Å². The molecule has 2 aromatic carbocycles. The first kappa shape index (κ1) is 13.5. The zero-order valence-electron chi connectivity index (χ0n) is 9.65. The summed E-state index contributed by atoms with van der Waals surface area (Å²) in [5.41, 5.74) is 8.09. The van der Waals surface area contributed by atoms with Gasteiger partial charge in [0, 0.05) is 0 Å². The normalized spacial score (nSPS) is 10.5. The van der Waals surface area contributed by atoms with E-state index in [9.17, 15) is 0 Å². The molecular formula is C14H13NS3. The van der Waals surface area contributed by atoms with Crippen LogP contribution in [-0.2, 0) is 0 Å². The van der Waals surface area contributed by atoms with Gasteiger partial charge >= 0.3 is 0 Å². The fourth-order valence-corrected chi connectivity index (χ4v) is 3.98. The van der Waals surface area contributed by atoms with Gasteiger partial charge in [-0.25, -0.2) is 0 Å². The van der Waals surface area contributed by atoms with Crippen molar-refractivity contribution in [2.24, 2.45) is 5.73 Å². The van der Waals surface area contributed by atoms with Crippen LogP contribution in [0.2, 0.25) is 0 Å². The molecule has 0 spiro atoms. The third kappa shape index (κ3) is 3.77. The van der Waals surface area contributed by atoms with Crippen LogP contribution < -0.4 is 5.73 Å². The second-order valence-corrected chi connectivity index (χ2v) is 6.75. The fourth-order valence-electron chi connectivity index (χ4n) is 1.65. The van der Waals surface area contributed by atoms with E-state index in [1.165, 1.54) is 21.9 Å². The lowest BCUT2D eigenvalue weighted by atomic mass is 10.0. The van der Waals surface area contributed by atoms with Gasteiger partial charge in [-0.2, -0.15) is 0 Å². The van der Waals surface area contributed by atoms with Gasteiger partial charge in [-0.3, -0.25) is 0 Å². The standard InChI is InChI=1S/C14H13NS3/c15-14(16)18-17-13(11-7-3-1-4-8-11)12-9-5-2-6-10-12/h1-10,13H,(H2,15,16). The summed E-state index contributed by atoms with van der Waals surface area (Å²) in [6, 6.07) is 20.8. The summed E-state index contributed by atoms with van der Waals surface area (Å²) in [4.78, 5) is 0. The van der Waals surface area contributed by atoms with E-state index in [2.05, 4.69) is 48.5 Å². The molecule has 2 aromatic rings. The summed E-state index contributed by atoms with van der Waals surface area (Å²) in [5, 5.41) is 0.249. The number of nitrogens with two attached hydrogens (primary N) is 1. The van der Waals surface area contributed by atoms with Gasteiger partial charge in [0.2, 0.25) is 0 Å². The van der Waals surface area contributed by atoms with Gasteiger partial charge in [-0.15, -0.1) is 0 Å². The molecule has 0 aliphatic rings. The maximum atomic E-state index is 5.57. The molecule has 0 bridgehead atoms. The molecule has 92 valence electrons. The molecule has 0 amide bonds. The summed E-state index contributed by atoms with van der Waals surface area (Å²) in [6.45, 7) is 0. The molecule has 0 radical (unpaired) electrons. The van der Waals surface area contributed by atoms with Crippen LogP contribution in [0, 0.1) is 0 Å². The van der Waals surface area contributed by atoms with E-state index in [1.54, 1.807) is 10.8 Å². The number of hydrogen-bond acceptors (Lipinski definition) is 3. The van der Waals surface area contributed by atoms with Gasteiger partial charge in [0.15, 0.2) is 0 Å². The van der Waals surface area contributed by atoms with Gasteiger partial charge in [0.25, 0.3) is 0 Å². The van der Waals surface area contributed by atoms with Crippen LogP contribution in [0.1, 0.15) is 16.4 Å². The van der Waals surface area contributed by atoms with Gasteiger partial charge in [-0.1, -0.05) is 83.7 Å². The molecule has 0 saturated carbocycles. The first-order valence-corrected chi connectivity index (χ1v) is 8.12. The van der Waals surface area contributed by atoms with Crippen LogP contribution in [0.5, 0.6) is 0 Å². The van der Waals surface area contributed by atoms with Crippen LogP contribution in [-0.4, -0.2) is 4.32 Å². The first-order valence-electron chi connectivity index (χ1n) is 5.50. The molecule has 0 aromatic heterocycles. The molecule has 0 atom stereocenters. The molecule has 0 saturated heterocycles. The van der Waals surface area contributed by atoms with Crippen molar-refractivity contribution >= 4 is 38.1 Å². The summed E-state index contributed by atoms with van der Waals surface area (Å²) in [6.07, 6.45) is 0. The summed E-state index contributed by atoms with van der Waals surface area (Å²) < 4.78 is 0.469. The lowest BCUT2D eigenvalue weighted by molar-refractivity contribution is 1.16. The maximum absolute atomic E-state index is 5.57. The third-order valence-electron chi connectivity index (χ3n) is 2.43. The monoisotopic (exact) mass is 291 g/mol. The maximum Gasteiger partial charge on any atom is 0.141 e. The van der Waals surface area contributed by atoms with Crippen molar-refractivity contribution in [3.05, 3.63) is 71.8 Å². The Morgan fingerprint density at radius 3 is 1.72 bits per heavy atom. The van der Waals surface area contributed by atoms with Gasteiger partial charge < -0.3 is 5.73 Å². The highest BCUT2D eigenvalue weighted by molar-refractivity contribution is 8.83. The molecule has 0 unspecified atom stereocenters. The Labute approximate surface area is 121 Å². The molecule has 2 rings (SSSR count). The second-order valence-electron chi connectivity index (χ2n) is 3.70. The van der Waals surface area contributed by atoms with Crippen molar-refractivity contribution in [3.8, 4) is 0 Å². The highest BCUT2D eigenvalue weighted by Crippen LogP contribution is 2.42. The fraction of sp³-hybridized carbons (Fsp3) is 0.0714. The molecule has 0 aliphatic carbocycles. The van der Waals surface area contributed by atoms with E-state index >= 15 is 0 Å². The zero-order chi connectivity index (χ0) is 12.8. The Kier molecular flexibility index (Phi) is 5.11. The Morgan fingerprint density at radius 1 is 0.889 bits per heavy atom. The van der Waals surface area contributed by atoms with E-state index in [0.717, 1.165) is 0 Å². The highest BCUT2D eigenvalue weighted by atomic mass is 33.1. The Balaban J connectivity index is 2.26. The van der Waals surface area contributed by atoms with E-state index in [0.29, 0.717) is 4.32 Å². The third-order valence-corrected chi connectivity index (χ3v) is 5.40. The van der Waals surface area contributed by atoms with Crippen LogP contribution in [0.4, 0.5) is 0 Å². The van der Waals surface area contributed by atoms with Crippen molar-refractivity contribution in [3.63, 3.8) is 0 Å². The second kappa shape index (κ2) is 6.83. The first-order chi connectivity index (χ1) is 8.77. The Morgan fingerprint density at radius 2 is 1.33 bits per heavy atom. The lowest BCUT2D eigenvalue weighted by Crippen LogP contribution is -2.01. The molecule has 2 N–H and O–H groups in total. The molecule has 0 aliphatic heterocycles. The summed E-state index contributed by atoms with van der Waals surface area (Å²) >= 11 is 4.93. The minimum absolute atomic E-state index is 0.249. The quantitative estimate of drug-likeness (QED) is 0.667. The molecule has 18 heavy (non-hydrogen) atoms. The SMILES string of the molecule is NC(=S)SSC(c1ccccc1)c1ccccc1. The number of thiocarbonyl (C=S) groups is 1. The molecule has 1 nitrogen and oxygen atoms in total. The van der Waals surface area contributed by atoms with E-state index < -0.39 is 0 Å².